The van der Waals surface area contributed by atoms with E-state index in [2.05, 4.69) is 20.9 Å². The van der Waals surface area contributed by atoms with Gasteiger partial charge in [0.05, 0.1) is 0 Å². The van der Waals surface area contributed by atoms with Crippen LogP contribution in [-0.4, -0.2) is 13.4 Å². The summed E-state index contributed by atoms with van der Waals surface area (Å²) in [7, 11) is -3.60. The summed E-state index contributed by atoms with van der Waals surface area (Å²) in [4.78, 5) is 3.60. The number of aromatic nitrogens is 1. The van der Waals surface area contributed by atoms with E-state index in [0.717, 1.165) is 11.3 Å². The normalized spacial score (nSPS) is 11.8. The van der Waals surface area contributed by atoms with Crippen LogP contribution >= 0.6 is 27.3 Å². The summed E-state index contributed by atoms with van der Waals surface area (Å²) < 4.78 is 21.5. The Kier molecular flexibility index (Phi) is 2.09. The zero-order chi connectivity index (χ0) is 7.78. The van der Waals surface area contributed by atoms with E-state index in [9.17, 15) is 8.42 Å². The molecule has 0 unspecified atom stereocenters. The molecule has 4 nitrogen and oxygen atoms in total. The quantitative estimate of drug-likeness (QED) is 0.782. The van der Waals surface area contributed by atoms with Gasteiger partial charge in [0.25, 0.3) is 10.0 Å². The maximum atomic E-state index is 10.6. The highest BCUT2D eigenvalue weighted by Gasteiger charge is 2.11. The predicted octanol–water partition coefficient (Wildman–Crippen LogP) is 0.553. The SMILES string of the molecule is NS(=O)(=O)c1nc(Br)cs1. The first-order valence-corrected chi connectivity index (χ1v) is 5.36. The van der Waals surface area contributed by atoms with Crippen LogP contribution in [0.3, 0.4) is 0 Å². The summed E-state index contributed by atoms with van der Waals surface area (Å²) in [6.07, 6.45) is 0. The van der Waals surface area contributed by atoms with E-state index in [-0.39, 0.29) is 4.34 Å². The zero-order valence-corrected chi connectivity index (χ0v) is 7.83. The Morgan fingerprint density at radius 3 is 2.50 bits per heavy atom. The standard InChI is InChI=1S/C3H3BrN2O2S2/c4-2-1-9-3(6-2)10(5,7)8/h1H,(H2,5,7,8). The molecule has 0 radical (unpaired) electrons. The van der Waals surface area contributed by atoms with E-state index in [1.807, 2.05) is 0 Å². The van der Waals surface area contributed by atoms with Gasteiger partial charge >= 0.3 is 0 Å². The summed E-state index contributed by atoms with van der Waals surface area (Å²) in [5.74, 6) is 0. The van der Waals surface area contributed by atoms with Crippen molar-refractivity contribution in [1.82, 2.24) is 4.98 Å². The molecule has 1 aromatic heterocycles. The fourth-order valence-corrected chi connectivity index (χ4v) is 2.37. The second kappa shape index (κ2) is 2.57. The van der Waals surface area contributed by atoms with Crippen molar-refractivity contribution in [2.75, 3.05) is 0 Å². The molecule has 0 aromatic carbocycles. The number of thiazole rings is 1. The number of rotatable bonds is 1. The van der Waals surface area contributed by atoms with Crippen molar-refractivity contribution in [3.05, 3.63) is 9.98 Å². The average molecular weight is 243 g/mol. The van der Waals surface area contributed by atoms with Gasteiger partial charge in [-0.25, -0.2) is 18.5 Å². The minimum absolute atomic E-state index is 0.0700. The van der Waals surface area contributed by atoms with Gasteiger partial charge in [0.1, 0.15) is 4.60 Å². The Balaban J connectivity index is 3.21. The van der Waals surface area contributed by atoms with Crippen LogP contribution in [0.1, 0.15) is 0 Å². The minimum atomic E-state index is -3.60. The first-order chi connectivity index (χ1) is 4.50. The van der Waals surface area contributed by atoms with Crippen molar-refractivity contribution in [3.8, 4) is 0 Å². The molecule has 0 spiro atoms. The van der Waals surface area contributed by atoms with Gasteiger partial charge in [-0.15, -0.1) is 11.3 Å². The van der Waals surface area contributed by atoms with Crippen molar-refractivity contribution in [3.63, 3.8) is 0 Å². The molecule has 2 N–H and O–H groups in total. The summed E-state index contributed by atoms with van der Waals surface area (Å²) in [5.41, 5.74) is 0. The van der Waals surface area contributed by atoms with Crippen molar-refractivity contribution < 1.29 is 8.42 Å². The third-order valence-electron chi connectivity index (χ3n) is 0.698. The summed E-state index contributed by atoms with van der Waals surface area (Å²) in [6.45, 7) is 0. The fourth-order valence-electron chi connectivity index (χ4n) is 0.370. The van der Waals surface area contributed by atoms with E-state index in [1.165, 1.54) is 0 Å². The van der Waals surface area contributed by atoms with E-state index >= 15 is 0 Å². The fraction of sp³-hybridized carbons (Fsp3) is 0. The van der Waals surface area contributed by atoms with E-state index < -0.39 is 10.0 Å². The van der Waals surface area contributed by atoms with Crippen LogP contribution < -0.4 is 5.14 Å². The number of primary sulfonamides is 1. The first kappa shape index (κ1) is 8.12. The molecule has 10 heavy (non-hydrogen) atoms. The van der Waals surface area contributed by atoms with Crippen molar-refractivity contribution in [1.29, 1.82) is 0 Å². The van der Waals surface area contributed by atoms with Crippen molar-refractivity contribution >= 4 is 37.3 Å². The second-order valence-corrected chi connectivity index (χ2v) is 4.89. The molecule has 7 heteroatoms. The number of halogens is 1. The number of hydrogen-bond donors (Lipinski definition) is 1. The lowest BCUT2D eigenvalue weighted by Crippen LogP contribution is -2.11. The number of hydrogen-bond acceptors (Lipinski definition) is 4. The van der Waals surface area contributed by atoms with Gasteiger partial charge in [0, 0.05) is 5.38 Å². The number of nitrogens with zero attached hydrogens (tertiary/aromatic N) is 1. The molecule has 0 atom stereocenters. The molecule has 0 aliphatic rings. The van der Waals surface area contributed by atoms with Gasteiger partial charge < -0.3 is 0 Å². The predicted molar refractivity (Wildman–Crippen MR) is 41.2 cm³/mol. The monoisotopic (exact) mass is 242 g/mol. The molecule has 0 fully saturated rings. The number of sulfonamides is 1. The van der Waals surface area contributed by atoms with Gasteiger partial charge in [-0.2, -0.15) is 0 Å². The van der Waals surface area contributed by atoms with Gasteiger partial charge in [-0.05, 0) is 15.9 Å². The van der Waals surface area contributed by atoms with E-state index in [4.69, 9.17) is 5.14 Å². The first-order valence-electron chi connectivity index (χ1n) is 2.14. The van der Waals surface area contributed by atoms with Crippen LogP contribution in [0.5, 0.6) is 0 Å². The lowest BCUT2D eigenvalue weighted by atomic mass is 11.0. The molecule has 0 aliphatic heterocycles. The highest BCUT2D eigenvalue weighted by atomic mass is 79.9. The third kappa shape index (κ3) is 1.75. The van der Waals surface area contributed by atoms with Gasteiger partial charge in [-0.3, -0.25) is 0 Å². The lowest BCUT2D eigenvalue weighted by Gasteiger charge is -1.85. The second-order valence-electron chi connectivity index (χ2n) is 1.48. The summed E-state index contributed by atoms with van der Waals surface area (Å²) in [5, 5.41) is 6.32. The molecule has 0 saturated carbocycles. The van der Waals surface area contributed by atoms with Crippen LogP contribution in [0, 0.1) is 0 Å². The maximum Gasteiger partial charge on any atom is 0.265 e. The van der Waals surface area contributed by atoms with Crippen LogP contribution in [0.2, 0.25) is 0 Å². The van der Waals surface area contributed by atoms with E-state index in [0.29, 0.717) is 4.60 Å². The van der Waals surface area contributed by atoms with Crippen LogP contribution in [0.4, 0.5) is 0 Å². The Morgan fingerprint density at radius 1 is 1.70 bits per heavy atom. The molecule has 0 bridgehead atoms. The topological polar surface area (TPSA) is 73.1 Å². The van der Waals surface area contributed by atoms with Gasteiger partial charge in [0.15, 0.2) is 0 Å². The summed E-state index contributed by atoms with van der Waals surface area (Å²) in [6, 6.07) is 0. The molecular formula is C3H3BrN2O2S2. The molecule has 1 rings (SSSR count). The molecule has 56 valence electrons. The molecule has 0 saturated heterocycles. The average Bonchev–Trinajstić information content (AvgIpc) is 2.11. The van der Waals surface area contributed by atoms with Crippen LogP contribution in [0.25, 0.3) is 0 Å². The van der Waals surface area contributed by atoms with Crippen molar-refractivity contribution in [2.24, 2.45) is 5.14 Å². The highest BCUT2D eigenvalue weighted by molar-refractivity contribution is 9.10. The van der Waals surface area contributed by atoms with E-state index in [1.54, 1.807) is 5.38 Å². The lowest BCUT2D eigenvalue weighted by molar-refractivity contribution is 0.597. The Hall–Kier alpha value is 0.0200. The van der Waals surface area contributed by atoms with Gasteiger partial charge in [0.2, 0.25) is 4.34 Å². The maximum absolute atomic E-state index is 10.6. The largest absolute Gasteiger partial charge is 0.265 e. The molecule has 1 heterocycles. The zero-order valence-electron chi connectivity index (χ0n) is 4.61. The Bertz CT molecular complexity index is 330. The molecule has 0 amide bonds. The smallest absolute Gasteiger partial charge is 0.223 e. The summed E-state index contributed by atoms with van der Waals surface area (Å²) >= 11 is 3.99. The highest BCUT2D eigenvalue weighted by Crippen LogP contribution is 2.17. The molecule has 0 aliphatic carbocycles. The van der Waals surface area contributed by atoms with Crippen LogP contribution in [0.15, 0.2) is 14.3 Å². The van der Waals surface area contributed by atoms with Gasteiger partial charge in [-0.1, -0.05) is 0 Å². The Morgan fingerprint density at radius 2 is 2.30 bits per heavy atom. The third-order valence-corrected chi connectivity index (χ3v) is 3.61. The minimum Gasteiger partial charge on any atom is -0.223 e. The molecular weight excluding hydrogens is 240 g/mol. The van der Waals surface area contributed by atoms with Crippen molar-refractivity contribution in [2.45, 2.75) is 4.34 Å². The molecule has 1 aromatic rings. The Labute approximate surface area is 70.3 Å². The van der Waals surface area contributed by atoms with Crippen LogP contribution in [-0.2, 0) is 10.0 Å². The number of nitrogens with two attached hydrogens (primary N) is 1.